The summed E-state index contributed by atoms with van der Waals surface area (Å²) in [6.07, 6.45) is 1.76. The van der Waals surface area contributed by atoms with Gasteiger partial charge in [0.1, 0.15) is 12.1 Å². The zero-order valence-corrected chi connectivity index (χ0v) is 14.9. The van der Waals surface area contributed by atoms with Crippen LogP contribution in [0.25, 0.3) is 5.69 Å². The zero-order chi connectivity index (χ0) is 19.2. The number of hydrogen-bond acceptors (Lipinski definition) is 5. The highest BCUT2D eigenvalue weighted by Gasteiger charge is 2.09. The van der Waals surface area contributed by atoms with Gasteiger partial charge >= 0.3 is 0 Å². The monoisotopic (exact) mass is 371 g/mol. The van der Waals surface area contributed by atoms with Crippen LogP contribution in [-0.4, -0.2) is 26.1 Å². The van der Waals surface area contributed by atoms with Crippen molar-refractivity contribution >= 4 is 11.6 Å². The van der Waals surface area contributed by atoms with Crippen LogP contribution >= 0.6 is 0 Å². The summed E-state index contributed by atoms with van der Waals surface area (Å²) in [6, 6.07) is 24.3. The van der Waals surface area contributed by atoms with Crippen LogP contribution < -0.4 is 10.1 Å². The number of carbonyl (C=O) groups is 1. The van der Waals surface area contributed by atoms with Crippen molar-refractivity contribution in [1.29, 1.82) is 0 Å². The number of nitrogens with one attached hydrogen (secondary N) is 1. The maximum absolute atomic E-state index is 12.5. The summed E-state index contributed by atoms with van der Waals surface area (Å²) in [6.45, 7) is 0. The lowest BCUT2D eigenvalue weighted by molar-refractivity contribution is -0.115. The van der Waals surface area contributed by atoms with Gasteiger partial charge in [-0.25, -0.2) is 4.68 Å². The predicted molar refractivity (Wildman–Crippen MR) is 104 cm³/mol. The average molecular weight is 371 g/mol. The summed E-state index contributed by atoms with van der Waals surface area (Å²) in [4.78, 5) is 12.5. The third-order valence-corrected chi connectivity index (χ3v) is 4.05. The van der Waals surface area contributed by atoms with E-state index in [0.717, 1.165) is 11.3 Å². The molecule has 1 heterocycles. The molecule has 0 unspecified atom stereocenters. The van der Waals surface area contributed by atoms with Crippen molar-refractivity contribution in [2.24, 2.45) is 0 Å². The number of carbonyl (C=O) groups excluding carboxylic acids is 1. The molecule has 1 N–H and O–H groups in total. The molecule has 138 valence electrons. The standard InChI is InChI=1S/C21H17N5O2/c27-21(14-16-10-12-17(13-11-16)26-15-22-24-25-26)23-19-8-4-5-9-20(19)28-18-6-2-1-3-7-18/h1-13,15H,14H2,(H,23,27). The van der Waals surface area contributed by atoms with Crippen molar-refractivity contribution in [3.05, 3.63) is 90.8 Å². The Morgan fingerprint density at radius 2 is 1.68 bits per heavy atom. The molecular formula is C21H17N5O2. The van der Waals surface area contributed by atoms with Crippen molar-refractivity contribution in [3.8, 4) is 17.2 Å². The van der Waals surface area contributed by atoms with Crippen LogP contribution in [0.15, 0.2) is 85.2 Å². The Kier molecular flexibility index (Phi) is 5.06. The first-order chi connectivity index (χ1) is 13.8. The summed E-state index contributed by atoms with van der Waals surface area (Å²) in [5, 5.41) is 14.0. The molecule has 7 heteroatoms. The Hall–Kier alpha value is -4.00. The lowest BCUT2D eigenvalue weighted by Gasteiger charge is -2.12. The van der Waals surface area contributed by atoms with E-state index in [9.17, 15) is 4.79 Å². The minimum atomic E-state index is -0.126. The number of para-hydroxylation sites is 3. The molecule has 0 spiro atoms. The number of amides is 1. The first kappa shape index (κ1) is 17.4. The molecule has 0 aliphatic carbocycles. The third kappa shape index (κ3) is 4.21. The first-order valence-corrected chi connectivity index (χ1v) is 8.72. The Labute approximate surface area is 161 Å². The molecule has 0 bridgehead atoms. The van der Waals surface area contributed by atoms with Gasteiger partial charge < -0.3 is 10.1 Å². The highest BCUT2D eigenvalue weighted by atomic mass is 16.5. The van der Waals surface area contributed by atoms with Gasteiger partial charge in [0, 0.05) is 0 Å². The SMILES string of the molecule is O=C(Cc1ccc(-n2cnnn2)cc1)Nc1ccccc1Oc1ccccc1. The maximum Gasteiger partial charge on any atom is 0.228 e. The van der Waals surface area contributed by atoms with Crippen LogP contribution in [0.4, 0.5) is 5.69 Å². The molecule has 0 aliphatic heterocycles. The molecule has 0 saturated carbocycles. The molecular weight excluding hydrogens is 354 g/mol. The fraction of sp³-hybridized carbons (Fsp3) is 0.0476. The van der Waals surface area contributed by atoms with Crippen molar-refractivity contribution in [3.63, 3.8) is 0 Å². The van der Waals surface area contributed by atoms with Crippen molar-refractivity contribution in [2.75, 3.05) is 5.32 Å². The Bertz CT molecular complexity index is 1050. The van der Waals surface area contributed by atoms with Crippen LogP contribution in [0, 0.1) is 0 Å². The van der Waals surface area contributed by atoms with Gasteiger partial charge in [0.25, 0.3) is 0 Å². The molecule has 4 rings (SSSR count). The number of nitrogens with zero attached hydrogens (tertiary/aromatic N) is 4. The smallest absolute Gasteiger partial charge is 0.228 e. The predicted octanol–water partition coefficient (Wildman–Crippen LogP) is 3.64. The van der Waals surface area contributed by atoms with Crippen molar-refractivity contribution in [2.45, 2.75) is 6.42 Å². The number of benzene rings is 3. The highest BCUT2D eigenvalue weighted by Crippen LogP contribution is 2.29. The summed E-state index contributed by atoms with van der Waals surface area (Å²) in [5.41, 5.74) is 2.34. The summed E-state index contributed by atoms with van der Waals surface area (Å²) < 4.78 is 7.44. The van der Waals surface area contributed by atoms with Gasteiger partial charge in [-0.05, 0) is 52.4 Å². The maximum atomic E-state index is 12.5. The second-order valence-corrected chi connectivity index (χ2v) is 6.06. The third-order valence-electron chi connectivity index (χ3n) is 4.05. The van der Waals surface area contributed by atoms with Gasteiger partial charge in [-0.15, -0.1) is 5.10 Å². The second-order valence-electron chi connectivity index (χ2n) is 6.06. The molecule has 3 aromatic carbocycles. The van der Waals surface area contributed by atoms with Gasteiger partial charge in [0.15, 0.2) is 5.75 Å². The Balaban J connectivity index is 1.43. The number of hydrogen-bond donors (Lipinski definition) is 1. The first-order valence-electron chi connectivity index (χ1n) is 8.72. The van der Waals surface area contributed by atoms with E-state index in [1.165, 1.54) is 6.33 Å². The van der Waals surface area contributed by atoms with Crippen LogP contribution in [0.5, 0.6) is 11.5 Å². The normalized spacial score (nSPS) is 10.4. The van der Waals surface area contributed by atoms with E-state index in [-0.39, 0.29) is 12.3 Å². The topological polar surface area (TPSA) is 81.9 Å². The fourth-order valence-corrected chi connectivity index (χ4v) is 2.70. The minimum absolute atomic E-state index is 0.126. The summed E-state index contributed by atoms with van der Waals surface area (Å²) >= 11 is 0. The molecule has 0 fully saturated rings. The van der Waals surface area contributed by atoms with E-state index in [2.05, 4.69) is 20.8 Å². The molecule has 28 heavy (non-hydrogen) atoms. The van der Waals surface area contributed by atoms with Gasteiger partial charge in [-0.2, -0.15) is 0 Å². The molecule has 7 nitrogen and oxygen atoms in total. The van der Waals surface area contributed by atoms with Gasteiger partial charge in [-0.1, -0.05) is 42.5 Å². The van der Waals surface area contributed by atoms with Gasteiger partial charge in [0.2, 0.25) is 5.91 Å². The molecule has 0 saturated heterocycles. The number of tetrazole rings is 1. The van der Waals surface area contributed by atoms with E-state index in [4.69, 9.17) is 4.74 Å². The summed E-state index contributed by atoms with van der Waals surface area (Å²) in [5.74, 6) is 1.18. The lowest BCUT2D eigenvalue weighted by atomic mass is 10.1. The van der Waals surface area contributed by atoms with Crippen molar-refractivity contribution in [1.82, 2.24) is 20.2 Å². The largest absolute Gasteiger partial charge is 0.455 e. The van der Waals surface area contributed by atoms with E-state index in [0.29, 0.717) is 17.2 Å². The summed E-state index contributed by atoms with van der Waals surface area (Å²) in [7, 11) is 0. The van der Waals surface area contributed by atoms with E-state index in [1.807, 2.05) is 78.9 Å². The number of rotatable bonds is 6. The highest BCUT2D eigenvalue weighted by molar-refractivity contribution is 5.93. The molecule has 1 amide bonds. The van der Waals surface area contributed by atoms with E-state index in [1.54, 1.807) is 4.68 Å². The molecule has 0 atom stereocenters. The van der Waals surface area contributed by atoms with Gasteiger partial charge in [-0.3, -0.25) is 4.79 Å². The van der Waals surface area contributed by atoms with E-state index < -0.39 is 0 Å². The lowest BCUT2D eigenvalue weighted by Crippen LogP contribution is -2.15. The fourth-order valence-electron chi connectivity index (χ4n) is 2.70. The van der Waals surface area contributed by atoms with Crippen molar-refractivity contribution < 1.29 is 9.53 Å². The average Bonchev–Trinajstić information content (AvgIpc) is 3.26. The second kappa shape index (κ2) is 8.13. The van der Waals surface area contributed by atoms with Gasteiger partial charge in [0.05, 0.1) is 17.8 Å². The molecule has 0 radical (unpaired) electrons. The van der Waals surface area contributed by atoms with Crippen LogP contribution in [-0.2, 0) is 11.2 Å². The van der Waals surface area contributed by atoms with Crippen LogP contribution in [0.3, 0.4) is 0 Å². The number of aromatic nitrogens is 4. The molecule has 0 aliphatic rings. The number of ether oxygens (including phenoxy) is 1. The zero-order valence-electron chi connectivity index (χ0n) is 14.9. The van der Waals surface area contributed by atoms with E-state index >= 15 is 0 Å². The quantitative estimate of drug-likeness (QED) is 0.560. The molecule has 4 aromatic rings. The number of anilines is 1. The Morgan fingerprint density at radius 3 is 2.43 bits per heavy atom. The van der Waals surface area contributed by atoms with Crippen LogP contribution in [0.2, 0.25) is 0 Å². The minimum Gasteiger partial charge on any atom is -0.455 e. The molecule has 1 aromatic heterocycles. The Morgan fingerprint density at radius 1 is 0.929 bits per heavy atom. The van der Waals surface area contributed by atoms with Crippen LogP contribution in [0.1, 0.15) is 5.56 Å².